The molecule has 4 heteroatoms. The zero-order valence-electron chi connectivity index (χ0n) is 10.2. The molecule has 1 aliphatic heterocycles. The summed E-state index contributed by atoms with van der Waals surface area (Å²) in [4.78, 5) is 13.1. The van der Waals surface area contributed by atoms with Gasteiger partial charge in [0.2, 0.25) is 5.91 Å². The second kappa shape index (κ2) is 6.66. The monoisotopic (exact) mass is 226 g/mol. The molecule has 1 heterocycles. The summed E-state index contributed by atoms with van der Waals surface area (Å²) in [6.45, 7) is 7.78. The first-order valence-corrected chi connectivity index (χ1v) is 5.84. The van der Waals surface area contributed by atoms with Crippen molar-refractivity contribution < 1.29 is 9.53 Å². The topological polar surface area (TPSA) is 55.6 Å². The first-order chi connectivity index (χ1) is 7.58. The SMILES string of the molecule is CC(C)CN(CC(N)=O)CC1=CCCOC1. The van der Waals surface area contributed by atoms with Crippen LogP contribution in [0.25, 0.3) is 0 Å². The van der Waals surface area contributed by atoms with Crippen LogP contribution in [0.5, 0.6) is 0 Å². The highest BCUT2D eigenvalue weighted by molar-refractivity contribution is 5.75. The van der Waals surface area contributed by atoms with Crippen LogP contribution in [-0.2, 0) is 9.53 Å². The molecule has 0 radical (unpaired) electrons. The number of hydrogen-bond acceptors (Lipinski definition) is 3. The first kappa shape index (κ1) is 13.2. The molecular formula is C12H22N2O2. The van der Waals surface area contributed by atoms with Crippen molar-refractivity contribution in [3.8, 4) is 0 Å². The van der Waals surface area contributed by atoms with Crippen LogP contribution in [0.1, 0.15) is 20.3 Å². The van der Waals surface area contributed by atoms with Gasteiger partial charge in [0.15, 0.2) is 0 Å². The maximum atomic E-state index is 11.0. The number of amides is 1. The summed E-state index contributed by atoms with van der Waals surface area (Å²) in [7, 11) is 0. The van der Waals surface area contributed by atoms with Crippen molar-refractivity contribution >= 4 is 5.91 Å². The molecule has 0 aromatic rings. The van der Waals surface area contributed by atoms with Crippen LogP contribution in [0.15, 0.2) is 11.6 Å². The van der Waals surface area contributed by atoms with Gasteiger partial charge in [-0.25, -0.2) is 0 Å². The number of nitrogens with zero attached hydrogens (tertiary/aromatic N) is 1. The standard InChI is InChI=1S/C12H22N2O2/c1-10(2)6-14(8-12(13)15)7-11-4-3-5-16-9-11/h4,10H,3,5-9H2,1-2H3,(H2,13,15). The molecule has 4 nitrogen and oxygen atoms in total. The molecule has 0 aliphatic carbocycles. The van der Waals surface area contributed by atoms with Crippen LogP contribution in [0, 0.1) is 5.92 Å². The fourth-order valence-corrected chi connectivity index (χ4v) is 1.93. The normalized spacial score (nSPS) is 16.6. The molecular weight excluding hydrogens is 204 g/mol. The molecule has 0 aromatic heterocycles. The Hall–Kier alpha value is -0.870. The Balaban J connectivity index is 2.47. The van der Waals surface area contributed by atoms with Gasteiger partial charge in [-0.3, -0.25) is 9.69 Å². The average Bonchev–Trinajstić information content (AvgIpc) is 2.16. The Bertz CT molecular complexity index is 262. The number of hydrogen-bond donors (Lipinski definition) is 1. The fourth-order valence-electron chi connectivity index (χ4n) is 1.93. The Kier molecular flexibility index (Phi) is 5.49. The van der Waals surface area contributed by atoms with Gasteiger partial charge in [0.1, 0.15) is 0 Å². The summed E-state index contributed by atoms with van der Waals surface area (Å²) < 4.78 is 5.38. The Morgan fingerprint density at radius 1 is 1.62 bits per heavy atom. The van der Waals surface area contributed by atoms with Crippen LogP contribution in [0.2, 0.25) is 0 Å². The number of primary amides is 1. The fraction of sp³-hybridized carbons (Fsp3) is 0.750. The lowest BCUT2D eigenvalue weighted by molar-refractivity contribution is -0.119. The zero-order valence-corrected chi connectivity index (χ0v) is 10.2. The minimum atomic E-state index is -0.266. The number of rotatable bonds is 6. The van der Waals surface area contributed by atoms with E-state index in [1.54, 1.807) is 0 Å². The van der Waals surface area contributed by atoms with Crippen LogP contribution in [0.4, 0.5) is 0 Å². The van der Waals surface area contributed by atoms with Gasteiger partial charge < -0.3 is 10.5 Å². The molecule has 0 spiro atoms. The van der Waals surface area contributed by atoms with E-state index in [4.69, 9.17) is 10.5 Å². The largest absolute Gasteiger partial charge is 0.377 e. The third-order valence-electron chi connectivity index (χ3n) is 2.41. The number of carbonyl (C=O) groups excluding carboxylic acids is 1. The minimum absolute atomic E-state index is 0.266. The van der Waals surface area contributed by atoms with E-state index >= 15 is 0 Å². The summed E-state index contributed by atoms with van der Waals surface area (Å²) in [5, 5.41) is 0. The van der Waals surface area contributed by atoms with Crippen molar-refractivity contribution in [3.05, 3.63) is 11.6 Å². The van der Waals surface area contributed by atoms with E-state index in [-0.39, 0.29) is 5.91 Å². The summed E-state index contributed by atoms with van der Waals surface area (Å²) in [5.74, 6) is 0.266. The highest BCUT2D eigenvalue weighted by atomic mass is 16.5. The van der Waals surface area contributed by atoms with Crippen molar-refractivity contribution in [3.63, 3.8) is 0 Å². The van der Waals surface area contributed by atoms with Crippen molar-refractivity contribution in [2.45, 2.75) is 20.3 Å². The van der Waals surface area contributed by atoms with Gasteiger partial charge in [-0.2, -0.15) is 0 Å². The average molecular weight is 226 g/mol. The van der Waals surface area contributed by atoms with Crippen LogP contribution < -0.4 is 5.73 Å². The molecule has 0 saturated carbocycles. The third-order valence-corrected chi connectivity index (χ3v) is 2.41. The van der Waals surface area contributed by atoms with Crippen molar-refractivity contribution in [2.24, 2.45) is 11.7 Å². The maximum absolute atomic E-state index is 11.0. The molecule has 16 heavy (non-hydrogen) atoms. The first-order valence-electron chi connectivity index (χ1n) is 5.84. The van der Waals surface area contributed by atoms with Gasteiger partial charge in [0.05, 0.1) is 19.8 Å². The minimum Gasteiger partial charge on any atom is -0.377 e. The third kappa shape index (κ3) is 5.28. The van der Waals surface area contributed by atoms with E-state index in [1.807, 2.05) is 0 Å². The van der Waals surface area contributed by atoms with Crippen molar-refractivity contribution in [1.82, 2.24) is 4.90 Å². The Labute approximate surface area is 97.4 Å². The van der Waals surface area contributed by atoms with Crippen molar-refractivity contribution in [1.29, 1.82) is 0 Å². The molecule has 1 amide bonds. The lowest BCUT2D eigenvalue weighted by Crippen LogP contribution is -2.38. The van der Waals surface area contributed by atoms with E-state index in [0.717, 1.165) is 26.1 Å². The van der Waals surface area contributed by atoms with Gasteiger partial charge in [0.25, 0.3) is 0 Å². The van der Waals surface area contributed by atoms with Gasteiger partial charge in [0, 0.05) is 13.1 Å². The predicted molar refractivity (Wildman–Crippen MR) is 64.0 cm³/mol. The van der Waals surface area contributed by atoms with E-state index < -0.39 is 0 Å². The highest BCUT2D eigenvalue weighted by Crippen LogP contribution is 2.09. The summed E-state index contributed by atoms with van der Waals surface area (Å²) >= 11 is 0. The number of ether oxygens (including phenoxy) is 1. The summed E-state index contributed by atoms with van der Waals surface area (Å²) in [6, 6.07) is 0. The second-order valence-electron chi connectivity index (χ2n) is 4.73. The van der Waals surface area contributed by atoms with Crippen LogP contribution in [0.3, 0.4) is 0 Å². The smallest absolute Gasteiger partial charge is 0.231 e. The van der Waals surface area contributed by atoms with Gasteiger partial charge in [-0.1, -0.05) is 19.9 Å². The number of nitrogens with two attached hydrogens (primary N) is 1. The summed E-state index contributed by atoms with van der Waals surface area (Å²) in [5.41, 5.74) is 6.50. The second-order valence-corrected chi connectivity index (χ2v) is 4.73. The van der Waals surface area contributed by atoms with E-state index in [0.29, 0.717) is 19.1 Å². The molecule has 1 rings (SSSR count). The molecule has 2 N–H and O–H groups in total. The van der Waals surface area contributed by atoms with E-state index in [2.05, 4.69) is 24.8 Å². The molecule has 0 unspecified atom stereocenters. The molecule has 1 aliphatic rings. The van der Waals surface area contributed by atoms with E-state index in [1.165, 1.54) is 5.57 Å². The molecule has 0 saturated heterocycles. The molecule has 92 valence electrons. The number of carbonyl (C=O) groups is 1. The van der Waals surface area contributed by atoms with Gasteiger partial charge in [-0.15, -0.1) is 0 Å². The zero-order chi connectivity index (χ0) is 12.0. The Morgan fingerprint density at radius 2 is 2.38 bits per heavy atom. The summed E-state index contributed by atoms with van der Waals surface area (Å²) in [6.07, 6.45) is 3.18. The lowest BCUT2D eigenvalue weighted by atomic mass is 10.1. The molecule has 0 atom stereocenters. The quantitative estimate of drug-likeness (QED) is 0.681. The Morgan fingerprint density at radius 3 is 2.88 bits per heavy atom. The van der Waals surface area contributed by atoms with Crippen LogP contribution >= 0.6 is 0 Å². The molecule has 0 fully saturated rings. The molecule has 0 bridgehead atoms. The molecule has 0 aromatic carbocycles. The lowest BCUT2D eigenvalue weighted by Gasteiger charge is -2.25. The highest BCUT2D eigenvalue weighted by Gasteiger charge is 2.13. The van der Waals surface area contributed by atoms with Crippen molar-refractivity contribution in [2.75, 3.05) is 32.8 Å². The van der Waals surface area contributed by atoms with E-state index in [9.17, 15) is 4.79 Å². The van der Waals surface area contributed by atoms with Crippen LogP contribution in [-0.4, -0.2) is 43.7 Å². The maximum Gasteiger partial charge on any atom is 0.231 e. The van der Waals surface area contributed by atoms with Gasteiger partial charge >= 0.3 is 0 Å². The van der Waals surface area contributed by atoms with Gasteiger partial charge in [-0.05, 0) is 17.9 Å². The predicted octanol–water partition coefficient (Wildman–Crippen LogP) is 0.776.